The number of hydrogen-bond donors (Lipinski definition) is 5. The molecule has 0 saturated carbocycles. The number of benzene rings is 2. The molecule has 5 N–H and O–H groups in total. The second-order valence-electron chi connectivity index (χ2n) is 8.30. The van der Waals surface area contributed by atoms with Crippen LogP contribution >= 0.6 is 0 Å². The Labute approximate surface area is 195 Å². The fraction of sp³-hybridized carbons (Fsp3) is 0.333. The van der Waals surface area contributed by atoms with Crippen molar-refractivity contribution in [2.75, 3.05) is 19.7 Å². The first kappa shape index (κ1) is 23.2. The average Bonchev–Trinajstić information content (AvgIpc) is 3.34. The number of alkyl carbamates (subject to hydrolysis) is 1. The molecule has 0 aromatic heterocycles. The van der Waals surface area contributed by atoms with E-state index < -0.39 is 48.4 Å². The van der Waals surface area contributed by atoms with Gasteiger partial charge in [0.05, 0.1) is 12.5 Å². The highest BCUT2D eigenvalue weighted by atomic mass is 16.5. The minimum Gasteiger partial charge on any atom is -0.481 e. The summed E-state index contributed by atoms with van der Waals surface area (Å²) in [5.41, 5.74) is 4.36. The number of aliphatic carboxylic acids is 1. The van der Waals surface area contributed by atoms with E-state index in [1.165, 1.54) is 0 Å². The molecule has 178 valence electrons. The average molecular weight is 467 g/mol. The molecule has 2 aliphatic rings. The Hall–Kier alpha value is -3.92. The van der Waals surface area contributed by atoms with Crippen LogP contribution in [0.2, 0.25) is 0 Å². The third-order valence-electron chi connectivity index (χ3n) is 6.06. The van der Waals surface area contributed by atoms with Crippen LogP contribution in [0.25, 0.3) is 11.1 Å². The lowest BCUT2D eigenvalue weighted by Gasteiger charge is -2.17. The molecular formula is C24H25N3O7. The molecule has 1 heterocycles. The molecule has 34 heavy (non-hydrogen) atoms. The fourth-order valence-electron chi connectivity index (χ4n) is 4.39. The van der Waals surface area contributed by atoms with Crippen molar-refractivity contribution in [2.45, 2.75) is 24.5 Å². The number of fused-ring (bicyclic) bond motifs is 3. The summed E-state index contributed by atoms with van der Waals surface area (Å²) in [7, 11) is 0. The molecule has 4 rings (SSSR count). The quantitative estimate of drug-likeness (QED) is 0.381. The Morgan fingerprint density at radius 2 is 1.68 bits per heavy atom. The van der Waals surface area contributed by atoms with Crippen molar-refractivity contribution in [1.29, 1.82) is 0 Å². The molecule has 0 bridgehead atoms. The number of nitrogens with one attached hydrogen (secondary N) is 3. The normalized spacial score (nSPS) is 19.5. The van der Waals surface area contributed by atoms with Crippen LogP contribution in [0.3, 0.4) is 0 Å². The zero-order valence-electron chi connectivity index (χ0n) is 18.2. The Bertz CT molecular complexity index is 1070. The molecule has 1 saturated heterocycles. The Morgan fingerprint density at radius 3 is 2.29 bits per heavy atom. The van der Waals surface area contributed by atoms with Crippen molar-refractivity contribution in [3.05, 3.63) is 59.7 Å². The highest BCUT2D eigenvalue weighted by molar-refractivity contribution is 5.94. The molecule has 1 aliphatic carbocycles. The second-order valence-corrected chi connectivity index (χ2v) is 8.30. The van der Waals surface area contributed by atoms with Crippen LogP contribution < -0.4 is 16.0 Å². The highest BCUT2D eigenvalue weighted by Gasteiger charge is 2.40. The van der Waals surface area contributed by atoms with Gasteiger partial charge in [-0.15, -0.1) is 0 Å². The molecule has 1 aliphatic heterocycles. The van der Waals surface area contributed by atoms with Gasteiger partial charge >= 0.3 is 12.1 Å². The highest BCUT2D eigenvalue weighted by Crippen LogP contribution is 2.44. The first-order chi connectivity index (χ1) is 16.3. The summed E-state index contributed by atoms with van der Waals surface area (Å²) in [6.45, 7) is -0.210. The van der Waals surface area contributed by atoms with E-state index >= 15 is 0 Å². The number of carboxylic acid groups (broad SMARTS) is 1. The summed E-state index contributed by atoms with van der Waals surface area (Å²) in [5.74, 6) is -3.68. The number of aliphatic hydroxyl groups is 1. The second kappa shape index (κ2) is 9.92. The maximum absolute atomic E-state index is 12.2. The number of amides is 3. The summed E-state index contributed by atoms with van der Waals surface area (Å²) in [6.07, 6.45) is -2.39. The lowest BCUT2D eigenvalue weighted by atomic mass is 9.98. The van der Waals surface area contributed by atoms with E-state index in [1.54, 1.807) is 0 Å². The molecular weight excluding hydrogens is 442 g/mol. The third-order valence-corrected chi connectivity index (χ3v) is 6.06. The van der Waals surface area contributed by atoms with Crippen molar-refractivity contribution in [3.8, 4) is 11.1 Å². The van der Waals surface area contributed by atoms with E-state index in [-0.39, 0.29) is 25.6 Å². The minimum atomic E-state index is -1.24. The number of rotatable bonds is 8. The van der Waals surface area contributed by atoms with Gasteiger partial charge in [0.25, 0.3) is 0 Å². The van der Waals surface area contributed by atoms with Crippen molar-refractivity contribution in [2.24, 2.45) is 5.92 Å². The number of carbonyl (C=O) groups excluding carboxylic acids is 3. The Morgan fingerprint density at radius 1 is 1.06 bits per heavy atom. The van der Waals surface area contributed by atoms with Gasteiger partial charge in [0.15, 0.2) is 0 Å². The predicted octanol–water partition coefficient (Wildman–Crippen LogP) is 0.592. The summed E-state index contributed by atoms with van der Waals surface area (Å²) in [6, 6.07) is 14.7. The molecule has 2 aromatic rings. The van der Waals surface area contributed by atoms with E-state index in [2.05, 4.69) is 16.0 Å². The van der Waals surface area contributed by atoms with Crippen molar-refractivity contribution in [3.63, 3.8) is 0 Å². The molecule has 1 fully saturated rings. The Balaban J connectivity index is 1.24. The van der Waals surface area contributed by atoms with E-state index in [1.807, 2.05) is 48.5 Å². The van der Waals surface area contributed by atoms with Crippen LogP contribution in [-0.2, 0) is 19.1 Å². The first-order valence-corrected chi connectivity index (χ1v) is 10.9. The largest absolute Gasteiger partial charge is 0.481 e. The maximum Gasteiger partial charge on any atom is 0.407 e. The topological polar surface area (TPSA) is 154 Å². The van der Waals surface area contributed by atoms with Gasteiger partial charge in [-0.25, -0.2) is 4.79 Å². The van der Waals surface area contributed by atoms with E-state index in [0.29, 0.717) is 0 Å². The lowest BCUT2D eigenvalue weighted by molar-refractivity contribution is -0.143. The van der Waals surface area contributed by atoms with Gasteiger partial charge in [-0.3, -0.25) is 14.4 Å². The molecule has 0 radical (unpaired) electrons. The minimum absolute atomic E-state index is 0.0784. The smallest absolute Gasteiger partial charge is 0.407 e. The molecule has 3 unspecified atom stereocenters. The summed E-state index contributed by atoms with van der Waals surface area (Å²) in [5, 5.41) is 26.3. The molecule has 3 atom stereocenters. The van der Waals surface area contributed by atoms with Gasteiger partial charge in [-0.05, 0) is 22.3 Å². The number of hydrogen-bond acceptors (Lipinski definition) is 6. The van der Waals surface area contributed by atoms with Gasteiger partial charge in [0.2, 0.25) is 11.8 Å². The van der Waals surface area contributed by atoms with Gasteiger partial charge in [0.1, 0.15) is 18.6 Å². The Kier molecular flexibility index (Phi) is 6.78. The van der Waals surface area contributed by atoms with Crippen LogP contribution in [0, 0.1) is 5.92 Å². The standard InChI is InChI=1S/C24H25N3O7/c28-13(9-20(29)27-21-18(23(31)32)11-25-22(21)30)10-26-24(33)34-12-19-16-7-3-1-5-14(16)15-6-2-4-8-17(15)19/h1-8,13,18-19,21,28H,9-12H2,(H,25,30)(H,26,33)(H,27,29)(H,31,32). The summed E-state index contributed by atoms with van der Waals surface area (Å²) >= 11 is 0. The fourth-order valence-corrected chi connectivity index (χ4v) is 4.39. The van der Waals surface area contributed by atoms with E-state index in [9.17, 15) is 24.3 Å². The van der Waals surface area contributed by atoms with Gasteiger partial charge < -0.3 is 30.9 Å². The summed E-state index contributed by atoms with van der Waals surface area (Å²) < 4.78 is 5.38. The zero-order valence-corrected chi connectivity index (χ0v) is 18.2. The molecule has 2 aromatic carbocycles. The monoisotopic (exact) mass is 467 g/mol. The molecule has 3 amide bonds. The van der Waals surface area contributed by atoms with Gasteiger partial charge in [0, 0.05) is 19.0 Å². The number of carboxylic acids is 1. The molecule has 10 nitrogen and oxygen atoms in total. The molecule has 0 spiro atoms. The molecule has 10 heteroatoms. The number of carbonyl (C=O) groups is 4. The van der Waals surface area contributed by atoms with Crippen molar-refractivity contribution < 1.29 is 34.1 Å². The van der Waals surface area contributed by atoms with Crippen molar-refractivity contribution in [1.82, 2.24) is 16.0 Å². The third kappa shape index (κ3) is 4.86. The van der Waals surface area contributed by atoms with Gasteiger partial charge in [-0.1, -0.05) is 48.5 Å². The van der Waals surface area contributed by atoms with Crippen LogP contribution in [-0.4, -0.2) is 65.9 Å². The lowest BCUT2D eigenvalue weighted by Crippen LogP contribution is -2.47. The van der Waals surface area contributed by atoms with E-state index in [4.69, 9.17) is 9.84 Å². The SMILES string of the molecule is O=C(CC(O)CNC(=O)OCC1c2ccccc2-c2ccccc21)NC1C(=O)NCC1C(=O)O. The van der Waals surface area contributed by atoms with Crippen molar-refractivity contribution >= 4 is 23.9 Å². The maximum atomic E-state index is 12.2. The predicted molar refractivity (Wildman–Crippen MR) is 120 cm³/mol. The van der Waals surface area contributed by atoms with E-state index in [0.717, 1.165) is 22.3 Å². The number of ether oxygens (including phenoxy) is 1. The summed E-state index contributed by atoms with van der Waals surface area (Å²) in [4.78, 5) is 47.2. The first-order valence-electron chi connectivity index (χ1n) is 10.9. The van der Waals surface area contributed by atoms with Crippen LogP contribution in [0.15, 0.2) is 48.5 Å². The zero-order chi connectivity index (χ0) is 24.2. The van der Waals surface area contributed by atoms with Crippen LogP contribution in [0.1, 0.15) is 23.5 Å². The van der Waals surface area contributed by atoms with Gasteiger partial charge in [-0.2, -0.15) is 0 Å². The van der Waals surface area contributed by atoms with Crippen LogP contribution in [0.4, 0.5) is 4.79 Å². The van der Waals surface area contributed by atoms with Crippen LogP contribution in [0.5, 0.6) is 0 Å². The number of aliphatic hydroxyl groups excluding tert-OH is 1.